The van der Waals surface area contributed by atoms with E-state index < -0.39 is 34.9 Å². The smallest absolute Gasteiger partial charge is 0.166 e. The third-order valence-corrected chi connectivity index (χ3v) is 3.37. The summed E-state index contributed by atoms with van der Waals surface area (Å²) < 4.78 is 53.3. The molecule has 1 saturated heterocycles. The predicted octanol–water partition coefficient (Wildman–Crippen LogP) is 2.24. The summed E-state index contributed by atoms with van der Waals surface area (Å²) in [5.41, 5.74) is 5.09. The van der Waals surface area contributed by atoms with E-state index in [9.17, 15) is 17.6 Å². The van der Waals surface area contributed by atoms with Gasteiger partial charge in [0, 0.05) is 17.7 Å². The van der Waals surface area contributed by atoms with E-state index in [1.54, 1.807) is 0 Å². The van der Waals surface area contributed by atoms with Crippen LogP contribution in [-0.4, -0.2) is 13.1 Å². The zero-order valence-corrected chi connectivity index (χ0v) is 9.65. The maximum atomic E-state index is 13.6. The molecule has 6 heteroatoms. The standard InChI is InChI=1S/C12H14F4N2/c13-7-5-8(14)11(16)9(10(7)15)12(17)6-1-3-18-4-2-6/h5-6,12,18H,1-4,17H2/t12-/m1/s1. The van der Waals surface area contributed by atoms with Crippen molar-refractivity contribution in [3.05, 3.63) is 34.9 Å². The Balaban J connectivity index is 2.37. The summed E-state index contributed by atoms with van der Waals surface area (Å²) in [5.74, 6) is -5.78. The van der Waals surface area contributed by atoms with E-state index in [-0.39, 0.29) is 12.0 Å². The third-order valence-electron chi connectivity index (χ3n) is 3.37. The maximum Gasteiger partial charge on any atom is 0.166 e. The molecule has 0 aliphatic carbocycles. The van der Waals surface area contributed by atoms with Crippen molar-refractivity contribution in [1.29, 1.82) is 0 Å². The molecule has 18 heavy (non-hydrogen) atoms. The Hall–Kier alpha value is -1.14. The van der Waals surface area contributed by atoms with Crippen LogP contribution in [0, 0.1) is 29.2 Å². The van der Waals surface area contributed by atoms with E-state index >= 15 is 0 Å². The van der Waals surface area contributed by atoms with E-state index in [4.69, 9.17) is 5.73 Å². The van der Waals surface area contributed by atoms with Crippen molar-refractivity contribution < 1.29 is 17.6 Å². The van der Waals surface area contributed by atoms with Crippen molar-refractivity contribution in [1.82, 2.24) is 5.32 Å². The van der Waals surface area contributed by atoms with Crippen molar-refractivity contribution >= 4 is 0 Å². The lowest BCUT2D eigenvalue weighted by molar-refractivity contribution is 0.304. The van der Waals surface area contributed by atoms with Gasteiger partial charge in [-0.25, -0.2) is 17.6 Å². The maximum absolute atomic E-state index is 13.6. The Morgan fingerprint density at radius 3 is 2.06 bits per heavy atom. The first-order chi connectivity index (χ1) is 8.52. The van der Waals surface area contributed by atoms with E-state index in [0.717, 1.165) is 0 Å². The largest absolute Gasteiger partial charge is 0.324 e. The van der Waals surface area contributed by atoms with Gasteiger partial charge in [0.1, 0.15) is 0 Å². The molecule has 1 heterocycles. The predicted molar refractivity (Wildman–Crippen MR) is 58.8 cm³/mol. The summed E-state index contributed by atoms with van der Waals surface area (Å²) in [6.45, 7) is 1.36. The molecule has 0 saturated carbocycles. The monoisotopic (exact) mass is 262 g/mol. The van der Waals surface area contributed by atoms with E-state index in [1.807, 2.05) is 0 Å². The van der Waals surface area contributed by atoms with Gasteiger partial charge in [-0.15, -0.1) is 0 Å². The number of nitrogens with one attached hydrogen (secondary N) is 1. The molecule has 1 aromatic carbocycles. The molecule has 0 amide bonds. The minimum atomic E-state index is -1.41. The van der Waals surface area contributed by atoms with Gasteiger partial charge in [0.2, 0.25) is 0 Å². The van der Waals surface area contributed by atoms with Gasteiger partial charge >= 0.3 is 0 Å². The molecular weight excluding hydrogens is 248 g/mol. The Kier molecular flexibility index (Phi) is 3.87. The van der Waals surface area contributed by atoms with Gasteiger partial charge in [0.15, 0.2) is 23.3 Å². The minimum Gasteiger partial charge on any atom is -0.324 e. The molecule has 0 radical (unpaired) electrons. The Bertz CT molecular complexity index is 418. The van der Waals surface area contributed by atoms with Crippen LogP contribution in [-0.2, 0) is 0 Å². The van der Waals surface area contributed by atoms with Crippen LogP contribution in [0.3, 0.4) is 0 Å². The number of nitrogens with two attached hydrogens (primary N) is 1. The van der Waals surface area contributed by atoms with E-state index in [2.05, 4.69) is 5.32 Å². The summed E-state index contributed by atoms with van der Waals surface area (Å²) in [7, 11) is 0. The average molecular weight is 262 g/mol. The molecule has 0 unspecified atom stereocenters. The van der Waals surface area contributed by atoms with Gasteiger partial charge in [-0.3, -0.25) is 0 Å². The number of hydrogen-bond donors (Lipinski definition) is 2. The summed E-state index contributed by atoms with van der Waals surface area (Å²) in [6, 6.07) is -0.833. The highest BCUT2D eigenvalue weighted by atomic mass is 19.2. The van der Waals surface area contributed by atoms with Crippen molar-refractivity contribution in [2.45, 2.75) is 18.9 Å². The van der Waals surface area contributed by atoms with Gasteiger partial charge in [0.05, 0.1) is 0 Å². The van der Waals surface area contributed by atoms with Crippen LogP contribution in [0.15, 0.2) is 6.07 Å². The number of hydrogen-bond acceptors (Lipinski definition) is 2. The van der Waals surface area contributed by atoms with E-state index in [0.29, 0.717) is 25.9 Å². The molecule has 2 rings (SSSR count). The number of halogens is 4. The van der Waals surface area contributed by atoms with Crippen molar-refractivity contribution in [2.24, 2.45) is 11.7 Å². The average Bonchev–Trinajstić information content (AvgIpc) is 2.37. The molecule has 2 nitrogen and oxygen atoms in total. The second-order valence-electron chi connectivity index (χ2n) is 4.50. The number of rotatable bonds is 2. The molecule has 0 bridgehead atoms. The summed E-state index contributed by atoms with van der Waals surface area (Å²) in [6.07, 6.45) is 1.25. The van der Waals surface area contributed by atoms with Crippen LogP contribution in [0.2, 0.25) is 0 Å². The van der Waals surface area contributed by atoms with Crippen LogP contribution in [0.4, 0.5) is 17.6 Å². The molecule has 100 valence electrons. The minimum absolute atomic E-state index is 0.184. The fraction of sp³-hybridized carbons (Fsp3) is 0.500. The molecule has 1 atom stereocenters. The zero-order chi connectivity index (χ0) is 13.3. The molecule has 0 spiro atoms. The third kappa shape index (κ3) is 2.35. The van der Waals surface area contributed by atoms with Crippen molar-refractivity contribution in [3.63, 3.8) is 0 Å². The van der Waals surface area contributed by atoms with Gasteiger partial charge in [0.25, 0.3) is 0 Å². The first-order valence-electron chi connectivity index (χ1n) is 5.81. The lowest BCUT2D eigenvalue weighted by atomic mass is 9.86. The van der Waals surface area contributed by atoms with Gasteiger partial charge < -0.3 is 11.1 Å². The second kappa shape index (κ2) is 5.24. The summed E-state index contributed by atoms with van der Waals surface area (Å²) in [4.78, 5) is 0. The SMILES string of the molecule is N[C@@H](c1c(F)c(F)cc(F)c1F)C1CCNCC1. The molecule has 1 aromatic rings. The first kappa shape index (κ1) is 13.3. The van der Waals surface area contributed by atoms with Gasteiger partial charge in [-0.1, -0.05) is 0 Å². The molecule has 1 aliphatic rings. The Morgan fingerprint density at radius 2 is 1.56 bits per heavy atom. The molecular formula is C12H14F4N2. The van der Waals surface area contributed by atoms with Crippen LogP contribution in [0.25, 0.3) is 0 Å². The van der Waals surface area contributed by atoms with Crippen LogP contribution in [0.5, 0.6) is 0 Å². The summed E-state index contributed by atoms with van der Waals surface area (Å²) in [5, 5.41) is 3.08. The number of piperidine rings is 1. The lowest BCUT2D eigenvalue weighted by Gasteiger charge is -2.28. The van der Waals surface area contributed by atoms with E-state index in [1.165, 1.54) is 0 Å². The Labute approximate surface area is 102 Å². The van der Waals surface area contributed by atoms with Crippen LogP contribution in [0.1, 0.15) is 24.4 Å². The molecule has 1 aliphatic heterocycles. The lowest BCUT2D eigenvalue weighted by Crippen LogP contribution is -2.34. The second-order valence-corrected chi connectivity index (χ2v) is 4.50. The van der Waals surface area contributed by atoms with Crippen molar-refractivity contribution in [3.8, 4) is 0 Å². The molecule has 3 N–H and O–H groups in total. The van der Waals surface area contributed by atoms with Gasteiger partial charge in [-0.05, 0) is 31.8 Å². The quantitative estimate of drug-likeness (QED) is 0.633. The fourth-order valence-electron chi connectivity index (χ4n) is 2.32. The highest BCUT2D eigenvalue weighted by Crippen LogP contribution is 2.32. The highest BCUT2D eigenvalue weighted by Gasteiger charge is 2.29. The van der Waals surface area contributed by atoms with Gasteiger partial charge in [-0.2, -0.15) is 0 Å². The van der Waals surface area contributed by atoms with Crippen molar-refractivity contribution in [2.75, 3.05) is 13.1 Å². The fourth-order valence-corrected chi connectivity index (χ4v) is 2.32. The Morgan fingerprint density at radius 1 is 1.06 bits per heavy atom. The zero-order valence-electron chi connectivity index (χ0n) is 9.65. The normalized spacial score (nSPS) is 18.9. The molecule has 1 fully saturated rings. The molecule has 0 aromatic heterocycles. The summed E-state index contributed by atoms with van der Waals surface area (Å²) >= 11 is 0. The topological polar surface area (TPSA) is 38.0 Å². The van der Waals surface area contributed by atoms with Crippen LogP contribution >= 0.6 is 0 Å². The van der Waals surface area contributed by atoms with Crippen LogP contribution < -0.4 is 11.1 Å². The first-order valence-corrected chi connectivity index (χ1v) is 5.81. The highest BCUT2D eigenvalue weighted by molar-refractivity contribution is 5.26. The number of benzene rings is 1.